The molecule has 0 saturated carbocycles. The molecule has 31 heavy (non-hydrogen) atoms. The first-order valence-corrected chi connectivity index (χ1v) is 10.4. The highest BCUT2D eigenvalue weighted by Crippen LogP contribution is 2.33. The first-order valence-electron chi connectivity index (χ1n) is 10.4. The predicted molar refractivity (Wildman–Crippen MR) is 118 cm³/mol. The van der Waals surface area contributed by atoms with Crippen LogP contribution in [0.3, 0.4) is 0 Å². The van der Waals surface area contributed by atoms with Gasteiger partial charge < -0.3 is 9.80 Å². The molecule has 4 rings (SSSR count). The Morgan fingerprint density at radius 2 is 1.94 bits per heavy atom. The van der Waals surface area contributed by atoms with Crippen molar-refractivity contribution in [3.63, 3.8) is 0 Å². The highest BCUT2D eigenvalue weighted by atomic mass is 19.1. The molecule has 158 valence electrons. The number of benzene rings is 2. The molecule has 0 bridgehead atoms. The minimum absolute atomic E-state index is 0.0632. The molecule has 0 spiro atoms. The number of halogens is 1. The largest absolute Gasteiger partial charge is 0.353 e. The molecule has 6 nitrogen and oxygen atoms in total. The summed E-state index contributed by atoms with van der Waals surface area (Å²) in [6, 6.07) is 13.8. The molecular weight excluding hydrogens is 393 g/mol. The Balaban J connectivity index is 1.77. The van der Waals surface area contributed by atoms with Gasteiger partial charge in [-0.1, -0.05) is 26.0 Å². The van der Waals surface area contributed by atoms with Gasteiger partial charge in [-0.05, 0) is 36.8 Å². The van der Waals surface area contributed by atoms with Crippen molar-refractivity contribution in [2.45, 2.75) is 26.3 Å². The van der Waals surface area contributed by atoms with Gasteiger partial charge in [0.1, 0.15) is 11.5 Å². The Kier molecular flexibility index (Phi) is 5.55. The molecule has 1 aromatic heterocycles. The standard InChI is InChI=1S/C24H24FN5O/c1-15(2)24(31)29(3)19-8-9-30(14-19)23-22(17-10-16(13-26)11-18(25)12-17)27-20-6-4-5-7-21(20)28-23/h4-7,10-12,15,19H,8-9,14H2,1-3H3/t19-/m0/s1. The first-order chi connectivity index (χ1) is 14.9. The minimum Gasteiger partial charge on any atom is -0.353 e. The quantitative estimate of drug-likeness (QED) is 0.642. The number of amides is 1. The van der Waals surface area contributed by atoms with E-state index in [0.717, 1.165) is 11.9 Å². The van der Waals surface area contributed by atoms with E-state index in [1.54, 1.807) is 6.07 Å². The first kappa shape index (κ1) is 20.7. The number of hydrogen-bond donors (Lipinski definition) is 0. The molecular formula is C24H24FN5O. The predicted octanol–water partition coefficient (Wildman–Crippen LogP) is 4.00. The number of nitrogens with zero attached hydrogens (tertiary/aromatic N) is 5. The number of nitriles is 1. The summed E-state index contributed by atoms with van der Waals surface area (Å²) < 4.78 is 14.2. The fraction of sp³-hybridized carbons (Fsp3) is 0.333. The second-order valence-corrected chi connectivity index (χ2v) is 8.22. The Bertz CT molecular complexity index is 1190. The van der Waals surface area contributed by atoms with E-state index in [9.17, 15) is 14.4 Å². The lowest BCUT2D eigenvalue weighted by Gasteiger charge is -2.27. The number of aromatic nitrogens is 2. The maximum atomic E-state index is 14.2. The lowest BCUT2D eigenvalue weighted by molar-refractivity contribution is -0.134. The van der Waals surface area contributed by atoms with E-state index in [1.165, 1.54) is 12.1 Å². The molecule has 1 amide bonds. The highest BCUT2D eigenvalue weighted by Gasteiger charge is 2.31. The highest BCUT2D eigenvalue weighted by molar-refractivity contribution is 5.84. The summed E-state index contributed by atoms with van der Waals surface area (Å²) in [5.41, 5.74) is 2.73. The van der Waals surface area contributed by atoms with Crippen LogP contribution in [0.15, 0.2) is 42.5 Å². The van der Waals surface area contributed by atoms with E-state index < -0.39 is 5.82 Å². The summed E-state index contributed by atoms with van der Waals surface area (Å²) in [5.74, 6) is 0.199. The number of rotatable bonds is 4. The van der Waals surface area contributed by atoms with Gasteiger partial charge in [-0.15, -0.1) is 0 Å². The van der Waals surface area contributed by atoms with Crippen LogP contribution in [-0.2, 0) is 4.79 Å². The smallest absolute Gasteiger partial charge is 0.225 e. The van der Waals surface area contributed by atoms with Gasteiger partial charge in [0.15, 0.2) is 5.82 Å². The molecule has 7 heteroatoms. The number of carbonyl (C=O) groups excluding carboxylic acids is 1. The van der Waals surface area contributed by atoms with E-state index in [2.05, 4.69) is 4.90 Å². The summed E-state index contributed by atoms with van der Waals surface area (Å²) in [6.07, 6.45) is 0.815. The van der Waals surface area contributed by atoms with Crippen LogP contribution in [0.1, 0.15) is 25.8 Å². The van der Waals surface area contributed by atoms with Crippen LogP contribution in [0.4, 0.5) is 10.2 Å². The number of fused-ring (bicyclic) bond motifs is 1. The molecule has 1 aliphatic heterocycles. The number of likely N-dealkylation sites (N-methyl/N-ethyl adjacent to an activating group) is 1. The lowest BCUT2D eigenvalue weighted by atomic mass is 10.1. The van der Waals surface area contributed by atoms with E-state index in [-0.39, 0.29) is 23.4 Å². The minimum atomic E-state index is -0.489. The van der Waals surface area contributed by atoms with Crippen LogP contribution in [0.5, 0.6) is 0 Å². The van der Waals surface area contributed by atoms with Crippen molar-refractivity contribution in [2.75, 3.05) is 25.0 Å². The van der Waals surface area contributed by atoms with E-state index >= 15 is 0 Å². The van der Waals surface area contributed by atoms with Gasteiger partial charge in [-0.2, -0.15) is 5.26 Å². The molecule has 1 fully saturated rings. The van der Waals surface area contributed by atoms with Crippen LogP contribution in [0, 0.1) is 23.1 Å². The molecule has 2 heterocycles. The Hall–Kier alpha value is -3.53. The fourth-order valence-electron chi connectivity index (χ4n) is 4.03. The van der Waals surface area contributed by atoms with Gasteiger partial charge in [-0.25, -0.2) is 14.4 Å². The van der Waals surface area contributed by atoms with Crippen LogP contribution < -0.4 is 4.90 Å². The molecule has 0 radical (unpaired) electrons. The summed E-state index contributed by atoms with van der Waals surface area (Å²) in [6.45, 7) is 5.13. The molecule has 0 aliphatic carbocycles. The maximum Gasteiger partial charge on any atom is 0.225 e. The summed E-state index contributed by atoms with van der Waals surface area (Å²) >= 11 is 0. The van der Waals surface area contributed by atoms with Crippen molar-refractivity contribution < 1.29 is 9.18 Å². The van der Waals surface area contributed by atoms with E-state index in [0.29, 0.717) is 35.7 Å². The molecule has 1 saturated heterocycles. The van der Waals surface area contributed by atoms with Crippen LogP contribution >= 0.6 is 0 Å². The van der Waals surface area contributed by atoms with Gasteiger partial charge in [0.05, 0.1) is 28.7 Å². The molecule has 3 aromatic rings. The Morgan fingerprint density at radius 3 is 2.61 bits per heavy atom. The topological polar surface area (TPSA) is 73.1 Å². The zero-order valence-electron chi connectivity index (χ0n) is 17.8. The summed E-state index contributed by atoms with van der Waals surface area (Å²) in [7, 11) is 1.84. The van der Waals surface area contributed by atoms with Crippen molar-refractivity contribution in [3.05, 3.63) is 53.8 Å². The maximum absolute atomic E-state index is 14.2. The molecule has 1 aliphatic rings. The fourth-order valence-corrected chi connectivity index (χ4v) is 4.03. The monoisotopic (exact) mass is 417 g/mol. The third-order valence-electron chi connectivity index (χ3n) is 5.70. The lowest BCUT2D eigenvalue weighted by Crippen LogP contribution is -2.41. The number of para-hydroxylation sites is 2. The second kappa shape index (κ2) is 8.31. The molecule has 2 aromatic carbocycles. The van der Waals surface area contributed by atoms with Crippen molar-refractivity contribution in [1.29, 1.82) is 5.26 Å². The normalized spacial score (nSPS) is 16.0. The van der Waals surface area contributed by atoms with Gasteiger partial charge in [0.25, 0.3) is 0 Å². The molecule has 0 N–H and O–H groups in total. The number of carbonyl (C=O) groups is 1. The van der Waals surface area contributed by atoms with Crippen molar-refractivity contribution in [1.82, 2.24) is 14.9 Å². The van der Waals surface area contributed by atoms with Crippen molar-refractivity contribution in [2.24, 2.45) is 5.92 Å². The van der Waals surface area contributed by atoms with E-state index in [4.69, 9.17) is 9.97 Å². The zero-order chi connectivity index (χ0) is 22.1. The van der Waals surface area contributed by atoms with Gasteiger partial charge in [0.2, 0.25) is 5.91 Å². The Morgan fingerprint density at radius 1 is 1.23 bits per heavy atom. The number of hydrogen-bond acceptors (Lipinski definition) is 5. The number of anilines is 1. The van der Waals surface area contributed by atoms with Crippen LogP contribution in [0.25, 0.3) is 22.3 Å². The van der Waals surface area contributed by atoms with Crippen molar-refractivity contribution in [3.8, 4) is 17.3 Å². The average molecular weight is 417 g/mol. The molecule has 1 atom stereocenters. The van der Waals surface area contributed by atoms with Gasteiger partial charge >= 0.3 is 0 Å². The molecule has 0 unspecified atom stereocenters. The van der Waals surface area contributed by atoms with Crippen molar-refractivity contribution >= 4 is 22.8 Å². The summed E-state index contributed by atoms with van der Waals surface area (Å²) in [4.78, 5) is 26.0. The zero-order valence-corrected chi connectivity index (χ0v) is 17.8. The van der Waals surface area contributed by atoms with Gasteiger partial charge in [0, 0.05) is 31.6 Å². The van der Waals surface area contributed by atoms with Gasteiger partial charge in [-0.3, -0.25) is 4.79 Å². The second-order valence-electron chi connectivity index (χ2n) is 8.22. The van der Waals surface area contributed by atoms with Crippen LogP contribution in [0.2, 0.25) is 0 Å². The average Bonchev–Trinajstić information content (AvgIpc) is 3.26. The summed E-state index contributed by atoms with van der Waals surface area (Å²) in [5, 5.41) is 9.28. The third-order valence-corrected chi connectivity index (χ3v) is 5.70. The third kappa shape index (κ3) is 4.06. The van der Waals surface area contributed by atoms with Crippen LogP contribution in [-0.4, -0.2) is 47.0 Å². The SMILES string of the molecule is CC(C)C(=O)N(C)[C@H]1CCN(c2nc3ccccc3nc2-c2cc(F)cc(C#N)c2)C1. The Labute approximate surface area is 180 Å². The van der Waals surface area contributed by atoms with E-state index in [1.807, 2.05) is 56.1 Å².